The van der Waals surface area contributed by atoms with Crippen molar-refractivity contribution in [2.75, 3.05) is 6.61 Å². The summed E-state index contributed by atoms with van der Waals surface area (Å²) in [5, 5.41) is 0. The molecule has 1 aromatic carbocycles. The predicted molar refractivity (Wildman–Crippen MR) is 79.0 cm³/mol. The molecule has 1 aliphatic heterocycles. The van der Waals surface area contributed by atoms with Gasteiger partial charge in [0.25, 0.3) is 0 Å². The molecule has 0 saturated heterocycles. The smallest absolute Gasteiger partial charge is 0.127 e. The Hall–Kier alpha value is -1.98. The van der Waals surface area contributed by atoms with Crippen molar-refractivity contribution in [3.63, 3.8) is 0 Å². The van der Waals surface area contributed by atoms with Crippen molar-refractivity contribution in [3.8, 4) is 16.9 Å². The fraction of sp³-hybridized carbons (Fsp3) is 0.333. The van der Waals surface area contributed by atoms with Gasteiger partial charge in [0.2, 0.25) is 0 Å². The van der Waals surface area contributed by atoms with Crippen molar-refractivity contribution in [2.24, 2.45) is 5.73 Å². The molecule has 0 aliphatic carbocycles. The molecular formula is C15H20N4O. The third-order valence-electron chi connectivity index (χ3n) is 3.38. The summed E-state index contributed by atoms with van der Waals surface area (Å²) in [5.41, 5.74) is 9.29. The summed E-state index contributed by atoms with van der Waals surface area (Å²) in [6.07, 6.45) is 5.44. The second-order valence-corrected chi connectivity index (χ2v) is 4.80. The first-order chi connectivity index (χ1) is 9.28. The van der Waals surface area contributed by atoms with E-state index in [9.17, 15) is 0 Å². The molecule has 20 heavy (non-hydrogen) atoms. The molecule has 0 spiro atoms. The number of aryl methyl sites for hydroxylation is 1. The second-order valence-electron chi connectivity index (χ2n) is 4.80. The van der Waals surface area contributed by atoms with Gasteiger partial charge in [-0.15, -0.1) is 0 Å². The largest absolute Gasteiger partial charge is 0.492 e. The number of nitrogens with zero attached hydrogens (tertiary/aromatic N) is 2. The Balaban J connectivity index is 0.00000147. The lowest BCUT2D eigenvalue weighted by molar-refractivity contribution is 0.264. The first-order valence-corrected chi connectivity index (χ1v) is 6.59. The maximum absolute atomic E-state index is 5.99. The summed E-state index contributed by atoms with van der Waals surface area (Å²) in [4.78, 5) is 8.72. The van der Waals surface area contributed by atoms with Gasteiger partial charge in [0.05, 0.1) is 0 Å². The van der Waals surface area contributed by atoms with Gasteiger partial charge >= 0.3 is 0 Å². The highest BCUT2D eigenvalue weighted by atomic mass is 16.5. The molecule has 3 rings (SSSR count). The minimum absolute atomic E-state index is 0. The molecule has 2 heterocycles. The van der Waals surface area contributed by atoms with Crippen LogP contribution in [-0.2, 0) is 12.8 Å². The Bertz CT molecular complexity index is 583. The van der Waals surface area contributed by atoms with Crippen molar-refractivity contribution in [1.29, 1.82) is 0 Å². The van der Waals surface area contributed by atoms with Gasteiger partial charge in [-0.2, -0.15) is 0 Å². The first-order valence-electron chi connectivity index (χ1n) is 6.59. The number of hydrogen-bond donors (Lipinski definition) is 2. The summed E-state index contributed by atoms with van der Waals surface area (Å²) in [7, 11) is 0. The third-order valence-corrected chi connectivity index (χ3v) is 3.38. The Morgan fingerprint density at radius 2 is 2.05 bits per heavy atom. The van der Waals surface area contributed by atoms with Crippen LogP contribution in [0, 0.1) is 0 Å². The van der Waals surface area contributed by atoms with Gasteiger partial charge in [0, 0.05) is 36.0 Å². The van der Waals surface area contributed by atoms with Crippen LogP contribution in [0.15, 0.2) is 30.6 Å². The van der Waals surface area contributed by atoms with Crippen LogP contribution < -0.4 is 16.6 Å². The van der Waals surface area contributed by atoms with Gasteiger partial charge in [0.15, 0.2) is 0 Å². The number of rotatable bonds is 2. The molecular weight excluding hydrogens is 252 g/mol. The minimum atomic E-state index is 0. The lowest BCUT2D eigenvalue weighted by atomic mass is 9.94. The van der Waals surface area contributed by atoms with E-state index in [1.807, 2.05) is 31.5 Å². The molecule has 106 valence electrons. The zero-order valence-corrected chi connectivity index (χ0v) is 11.7. The molecule has 0 fully saturated rings. The van der Waals surface area contributed by atoms with Crippen LogP contribution in [0.5, 0.6) is 5.75 Å². The molecule has 5 N–H and O–H groups in total. The highest BCUT2D eigenvalue weighted by molar-refractivity contribution is 5.69. The maximum Gasteiger partial charge on any atom is 0.127 e. The van der Waals surface area contributed by atoms with Gasteiger partial charge in [-0.3, -0.25) is 0 Å². The highest BCUT2D eigenvalue weighted by Crippen LogP contribution is 2.33. The summed E-state index contributed by atoms with van der Waals surface area (Å²) in [6, 6.07) is 6.12. The summed E-state index contributed by atoms with van der Waals surface area (Å²) in [6.45, 7) is 2.63. The Morgan fingerprint density at radius 1 is 1.30 bits per heavy atom. The number of fused-ring (bicyclic) bond motifs is 1. The highest BCUT2D eigenvalue weighted by Gasteiger charge is 2.20. The standard InChI is InChI=1S/C15H17N3O.H3N/c1-2-15-17-7-10(8-18-15)12-4-3-5-14-13(12)6-11(16)9-19-14;/h3-5,7-8,11H,2,6,9,16H2,1H3;1H3/t11-;/m0./s1. The number of ether oxygens (including phenoxy) is 1. The molecule has 0 unspecified atom stereocenters. The summed E-state index contributed by atoms with van der Waals surface area (Å²) < 4.78 is 5.68. The van der Waals surface area contributed by atoms with Gasteiger partial charge in [-0.1, -0.05) is 19.1 Å². The lowest BCUT2D eigenvalue weighted by Crippen LogP contribution is -2.34. The number of benzene rings is 1. The fourth-order valence-electron chi connectivity index (χ4n) is 2.38. The Morgan fingerprint density at radius 3 is 2.75 bits per heavy atom. The fourth-order valence-corrected chi connectivity index (χ4v) is 2.38. The average Bonchev–Trinajstić information content (AvgIpc) is 2.47. The summed E-state index contributed by atoms with van der Waals surface area (Å²) in [5.74, 6) is 1.79. The van der Waals surface area contributed by atoms with E-state index in [1.54, 1.807) is 0 Å². The molecule has 0 radical (unpaired) electrons. The molecule has 0 bridgehead atoms. The predicted octanol–water partition coefficient (Wildman–Crippen LogP) is 2.13. The van der Waals surface area contributed by atoms with Crippen LogP contribution in [-0.4, -0.2) is 22.6 Å². The number of hydrogen-bond acceptors (Lipinski definition) is 5. The van der Waals surface area contributed by atoms with Crippen molar-refractivity contribution < 1.29 is 4.74 Å². The van der Waals surface area contributed by atoms with E-state index in [1.165, 1.54) is 0 Å². The van der Waals surface area contributed by atoms with E-state index in [-0.39, 0.29) is 12.2 Å². The number of aromatic nitrogens is 2. The molecule has 5 heteroatoms. The average molecular weight is 272 g/mol. The zero-order valence-electron chi connectivity index (χ0n) is 11.7. The van der Waals surface area contributed by atoms with Crippen molar-refractivity contribution in [1.82, 2.24) is 16.1 Å². The SMILES string of the molecule is CCc1ncc(-c2cccc3c2C[C@H](N)CO3)cn1.N. The van der Waals surface area contributed by atoms with Crippen molar-refractivity contribution in [3.05, 3.63) is 42.0 Å². The molecule has 2 aromatic rings. The quantitative estimate of drug-likeness (QED) is 0.873. The molecule has 0 saturated carbocycles. The topological polar surface area (TPSA) is 96.0 Å². The van der Waals surface area contributed by atoms with Crippen LogP contribution >= 0.6 is 0 Å². The van der Waals surface area contributed by atoms with Crippen LogP contribution in [0.1, 0.15) is 18.3 Å². The Labute approximate surface area is 118 Å². The second kappa shape index (κ2) is 5.98. The monoisotopic (exact) mass is 272 g/mol. The van der Waals surface area contributed by atoms with Crippen LogP contribution in [0.4, 0.5) is 0 Å². The molecule has 1 aliphatic rings. The van der Waals surface area contributed by atoms with Crippen molar-refractivity contribution >= 4 is 0 Å². The van der Waals surface area contributed by atoms with E-state index >= 15 is 0 Å². The number of nitrogens with two attached hydrogens (primary N) is 1. The first kappa shape index (κ1) is 14.4. The van der Waals surface area contributed by atoms with Gasteiger partial charge in [-0.05, 0) is 18.1 Å². The van der Waals surface area contributed by atoms with Crippen LogP contribution in [0.25, 0.3) is 11.1 Å². The lowest BCUT2D eigenvalue weighted by Gasteiger charge is -2.24. The molecule has 5 nitrogen and oxygen atoms in total. The summed E-state index contributed by atoms with van der Waals surface area (Å²) >= 11 is 0. The van der Waals surface area contributed by atoms with E-state index in [2.05, 4.69) is 16.0 Å². The normalized spacial score (nSPS) is 16.8. The zero-order chi connectivity index (χ0) is 13.2. The minimum Gasteiger partial charge on any atom is -0.492 e. The van der Waals surface area contributed by atoms with Gasteiger partial charge in [0.1, 0.15) is 18.2 Å². The van der Waals surface area contributed by atoms with Crippen molar-refractivity contribution in [2.45, 2.75) is 25.8 Å². The maximum atomic E-state index is 5.99. The van der Waals surface area contributed by atoms with Gasteiger partial charge in [-0.25, -0.2) is 9.97 Å². The van der Waals surface area contributed by atoms with Crippen LogP contribution in [0.2, 0.25) is 0 Å². The molecule has 0 amide bonds. The Kier molecular flexibility index (Phi) is 4.32. The molecule has 1 aromatic heterocycles. The molecule has 1 atom stereocenters. The third kappa shape index (κ3) is 2.64. The van der Waals surface area contributed by atoms with E-state index in [0.29, 0.717) is 6.61 Å². The van der Waals surface area contributed by atoms with E-state index < -0.39 is 0 Å². The van der Waals surface area contributed by atoms with E-state index in [0.717, 1.165) is 41.1 Å². The van der Waals surface area contributed by atoms with Gasteiger partial charge < -0.3 is 16.6 Å². The van der Waals surface area contributed by atoms with Crippen LogP contribution in [0.3, 0.4) is 0 Å². The van der Waals surface area contributed by atoms with E-state index in [4.69, 9.17) is 10.5 Å².